The summed E-state index contributed by atoms with van der Waals surface area (Å²) in [4.78, 5) is 12.9. The van der Waals surface area contributed by atoms with Gasteiger partial charge in [0.05, 0.1) is 5.75 Å². The molecule has 5 heteroatoms. The highest BCUT2D eigenvalue weighted by Gasteiger charge is 2.03. The Labute approximate surface area is 138 Å². The van der Waals surface area contributed by atoms with E-state index in [1.807, 2.05) is 48.5 Å². The van der Waals surface area contributed by atoms with Crippen LogP contribution in [0.2, 0.25) is 0 Å². The minimum Gasteiger partial charge on any atom is -0.325 e. The average Bonchev–Trinajstić information content (AvgIpc) is 2.41. The fraction of sp³-hybridized carbons (Fsp3) is 0.0714. The molecule has 0 aliphatic rings. The molecule has 1 amide bonds. The number of anilines is 1. The summed E-state index contributed by atoms with van der Waals surface area (Å²) in [5, 5.41) is 2.88. The average molecular weight is 448 g/mol. The maximum absolute atomic E-state index is 11.8. The van der Waals surface area contributed by atoms with Crippen LogP contribution in [0.3, 0.4) is 0 Å². The van der Waals surface area contributed by atoms with Gasteiger partial charge in [0.25, 0.3) is 0 Å². The third-order valence-corrected chi connectivity index (χ3v) is 4.57. The molecule has 0 heterocycles. The second-order valence-electron chi connectivity index (χ2n) is 3.80. The fourth-order valence-electron chi connectivity index (χ4n) is 1.41. The summed E-state index contributed by atoms with van der Waals surface area (Å²) in [5.74, 6) is 0.419. The topological polar surface area (TPSA) is 29.1 Å². The van der Waals surface area contributed by atoms with E-state index in [9.17, 15) is 4.79 Å². The van der Waals surface area contributed by atoms with E-state index < -0.39 is 0 Å². The standard InChI is InChI=1S/C14H11BrINOS/c15-10-1-7-13(8-2-10)19-9-14(18)17-12-5-3-11(16)4-6-12/h1-8H,9H2,(H,17,18). The second-order valence-corrected chi connectivity index (χ2v) is 7.01. The fourth-order valence-corrected chi connectivity index (χ4v) is 2.73. The van der Waals surface area contributed by atoms with Gasteiger partial charge < -0.3 is 5.32 Å². The summed E-state index contributed by atoms with van der Waals surface area (Å²) in [6.45, 7) is 0. The molecule has 1 N–H and O–H groups in total. The smallest absolute Gasteiger partial charge is 0.234 e. The van der Waals surface area contributed by atoms with Gasteiger partial charge in [-0.2, -0.15) is 0 Å². The summed E-state index contributed by atoms with van der Waals surface area (Å²) in [5.41, 5.74) is 0.835. The first-order valence-electron chi connectivity index (χ1n) is 5.57. The number of hydrogen-bond donors (Lipinski definition) is 1. The molecule has 0 aliphatic heterocycles. The van der Waals surface area contributed by atoms with Crippen molar-refractivity contribution in [3.8, 4) is 0 Å². The lowest BCUT2D eigenvalue weighted by molar-refractivity contribution is -0.113. The molecule has 2 aromatic carbocycles. The number of thioether (sulfide) groups is 1. The van der Waals surface area contributed by atoms with Gasteiger partial charge >= 0.3 is 0 Å². The number of carbonyl (C=O) groups excluding carboxylic acids is 1. The highest BCUT2D eigenvalue weighted by Crippen LogP contribution is 2.21. The minimum atomic E-state index is 0.00845. The van der Waals surface area contributed by atoms with E-state index in [1.165, 1.54) is 11.8 Å². The zero-order valence-corrected chi connectivity index (χ0v) is 14.5. The first-order valence-corrected chi connectivity index (χ1v) is 8.43. The van der Waals surface area contributed by atoms with Crippen molar-refractivity contribution in [1.82, 2.24) is 0 Å². The van der Waals surface area contributed by atoms with Crippen molar-refractivity contribution in [2.75, 3.05) is 11.1 Å². The highest BCUT2D eigenvalue weighted by molar-refractivity contribution is 14.1. The molecule has 0 unspecified atom stereocenters. The van der Waals surface area contributed by atoms with Crippen molar-refractivity contribution in [3.05, 3.63) is 56.6 Å². The van der Waals surface area contributed by atoms with Crippen molar-refractivity contribution < 1.29 is 4.79 Å². The van der Waals surface area contributed by atoms with E-state index in [2.05, 4.69) is 43.8 Å². The molecule has 2 aromatic rings. The highest BCUT2D eigenvalue weighted by atomic mass is 127. The number of rotatable bonds is 4. The van der Waals surface area contributed by atoms with Gasteiger partial charge in [0.1, 0.15) is 0 Å². The molecule has 0 aromatic heterocycles. The van der Waals surface area contributed by atoms with Crippen LogP contribution in [0.5, 0.6) is 0 Å². The zero-order chi connectivity index (χ0) is 13.7. The zero-order valence-electron chi connectivity index (χ0n) is 9.90. The molecular weight excluding hydrogens is 437 g/mol. The van der Waals surface area contributed by atoms with Crippen molar-refractivity contribution in [3.63, 3.8) is 0 Å². The van der Waals surface area contributed by atoms with E-state index in [0.29, 0.717) is 5.75 Å². The SMILES string of the molecule is O=C(CSc1ccc(Br)cc1)Nc1ccc(I)cc1. The predicted molar refractivity (Wildman–Crippen MR) is 92.7 cm³/mol. The number of halogens is 2. The van der Waals surface area contributed by atoms with Crippen LogP contribution in [0.15, 0.2) is 57.9 Å². The Morgan fingerprint density at radius 1 is 1.11 bits per heavy atom. The molecule has 2 rings (SSSR count). The van der Waals surface area contributed by atoms with Gasteiger partial charge in [-0.3, -0.25) is 4.79 Å². The van der Waals surface area contributed by atoms with Crippen LogP contribution in [0, 0.1) is 3.57 Å². The molecule has 98 valence electrons. The van der Waals surface area contributed by atoms with Crippen molar-refractivity contribution >= 4 is 61.9 Å². The Morgan fingerprint density at radius 2 is 1.74 bits per heavy atom. The van der Waals surface area contributed by atoms with E-state index in [0.717, 1.165) is 18.6 Å². The molecule has 0 radical (unpaired) electrons. The Bertz CT molecular complexity index is 557. The molecule has 2 nitrogen and oxygen atoms in total. The molecule has 0 fully saturated rings. The maximum Gasteiger partial charge on any atom is 0.234 e. The molecule has 0 bridgehead atoms. The molecule has 0 saturated heterocycles. The Hall–Kier alpha value is -0.530. The van der Waals surface area contributed by atoms with Gasteiger partial charge in [0.15, 0.2) is 0 Å². The minimum absolute atomic E-state index is 0.00845. The second kappa shape index (κ2) is 7.31. The van der Waals surface area contributed by atoms with Gasteiger partial charge in [-0.05, 0) is 71.1 Å². The molecular formula is C14H11BrINOS. The number of carbonyl (C=O) groups is 1. The Balaban J connectivity index is 1.84. The lowest BCUT2D eigenvalue weighted by atomic mass is 10.3. The van der Waals surface area contributed by atoms with Gasteiger partial charge in [-0.25, -0.2) is 0 Å². The number of benzene rings is 2. The number of hydrogen-bond acceptors (Lipinski definition) is 2. The van der Waals surface area contributed by atoms with Crippen LogP contribution < -0.4 is 5.32 Å². The molecule has 0 spiro atoms. The van der Waals surface area contributed by atoms with Crippen molar-refractivity contribution in [2.24, 2.45) is 0 Å². The van der Waals surface area contributed by atoms with Crippen LogP contribution in [-0.4, -0.2) is 11.7 Å². The Kier molecular flexibility index (Phi) is 5.72. The maximum atomic E-state index is 11.8. The van der Waals surface area contributed by atoms with E-state index in [4.69, 9.17) is 0 Å². The van der Waals surface area contributed by atoms with Crippen LogP contribution in [-0.2, 0) is 4.79 Å². The third kappa shape index (κ3) is 5.16. The van der Waals surface area contributed by atoms with Gasteiger partial charge in [-0.15, -0.1) is 11.8 Å². The van der Waals surface area contributed by atoms with Crippen molar-refractivity contribution in [2.45, 2.75) is 4.90 Å². The van der Waals surface area contributed by atoms with Crippen LogP contribution in [0.4, 0.5) is 5.69 Å². The first-order chi connectivity index (χ1) is 9.13. The first kappa shape index (κ1) is 14.9. The Morgan fingerprint density at radius 3 is 2.37 bits per heavy atom. The summed E-state index contributed by atoms with van der Waals surface area (Å²) in [6, 6.07) is 15.7. The lowest BCUT2D eigenvalue weighted by Crippen LogP contribution is -2.13. The normalized spacial score (nSPS) is 10.2. The monoisotopic (exact) mass is 447 g/mol. The van der Waals surface area contributed by atoms with Gasteiger partial charge in [-0.1, -0.05) is 15.9 Å². The van der Waals surface area contributed by atoms with E-state index in [-0.39, 0.29) is 5.91 Å². The van der Waals surface area contributed by atoms with Crippen LogP contribution in [0.1, 0.15) is 0 Å². The summed E-state index contributed by atoms with van der Waals surface area (Å²) >= 11 is 7.15. The summed E-state index contributed by atoms with van der Waals surface area (Å²) in [7, 11) is 0. The quantitative estimate of drug-likeness (QED) is 0.539. The van der Waals surface area contributed by atoms with Crippen LogP contribution in [0.25, 0.3) is 0 Å². The lowest BCUT2D eigenvalue weighted by Gasteiger charge is -2.05. The number of nitrogens with one attached hydrogen (secondary N) is 1. The van der Waals surface area contributed by atoms with Gasteiger partial charge in [0, 0.05) is 18.6 Å². The van der Waals surface area contributed by atoms with E-state index >= 15 is 0 Å². The van der Waals surface area contributed by atoms with E-state index in [1.54, 1.807) is 0 Å². The molecule has 0 atom stereocenters. The molecule has 0 saturated carbocycles. The molecule has 0 aliphatic carbocycles. The summed E-state index contributed by atoms with van der Waals surface area (Å²) < 4.78 is 2.19. The third-order valence-electron chi connectivity index (χ3n) is 2.31. The van der Waals surface area contributed by atoms with Gasteiger partial charge in [0.2, 0.25) is 5.91 Å². The van der Waals surface area contributed by atoms with Crippen LogP contribution >= 0.6 is 50.3 Å². The van der Waals surface area contributed by atoms with Crippen molar-refractivity contribution in [1.29, 1.82) is 0 Å². The summed E-state index contributed by atoms with van der Waals surface area (Å²) in [6.07, 6.45) is 0. The molecule has 19 heavy (non-hydrogen) atoms. The largest absolute Gasteiger partial charge is 0.325 e. The number of amides is 1. The predicted octanol–water partition coefficient (Wildman–Crippen LogP) is 4.78.